The Morgan fingerprint density at radius 1 is 1.29 bits per heavy atom. The molecule has 1 fully saturated rings. The van der Waals surface area contributed by atoms with Gasteiger partial charge in [-0.25, -0.2) is 0 Å². The van der Waals surface area contributed by atoms with E-state index in [9.17, 15) is 4.79 Å². The van der Waals surface area contributed by atoms with Gasteiger partial charge in [0.05, 0.1) is 37.7 Å². The van der Waals surface area contributed by atoms with E-state index in [4.69, 9.17) is 14.2 Å². The van der Waals surface area contributed by atoms with Crippen molar-refractivity contribution in [2.45, 2.75) is 18.9 Å². The monoisotopic (exact) mass is 331 g/mol. The molecule has 2 heterocycles. The summed E-state index contributed by atoms with van der Waals surface area (Å²) in [5.74, 6) is 0.848. The third-order valence-electron chi connectivity index (χ3n) is 4.08. The second-order valence-corrected chi connectivity index (χ2v) is 5.57. The van der Waals surface area contributed by atoms with E-state index in [0.717, 1.165) is 26.1 Å². The number of benzene rings is 1. The van der Waals surface area contributed by atoms with E-state index in [1.54, 1.807) is 31.5 Å². The van der Waals surface area contributed by atoms with Crippen molar-refractivity contribution in [1.29, 1.82) is 0 Å². The van der Waals surface area contributed by atoms with Crippen LogP contribution in [0.15, 0.2) is 30.6 Å². The number of ether oxygens (including phenoxy) is 3. The van der Waals surface area contributed by atoms with Crippen LogP contribution in [0.4, 0.5) is 5.69 Å². The van der Waals surface area contributed by atoms with Crippen molar-refractivity contribution in [2.24, 2.45) is 0 Å². The molecule has 128 valence electrons. The van der Waals surface area contributed by atoms with E-state index in [1.165, 1.54) is 7.11 Å². The fourth-order valence-electron chi connectivity index (χ4n) is 2.74. The zero-order valence-electron chi connectivity index (χ0n) is 13.8. The van der Waals surface area contributed by atoms with Crippen molar-refractivity contribution in [2.75, 3.05) is 32.8 Å². The van der Waals surface area contributed by atoms with Gasteiger partial charge in [-0.1, -0.05) is 0 Å². The predicted octanol–water partition coefficient (Wildman–Crippen LogP) is 2.50. The highest BCUT2D eigenvalue weighted by atomic mass is 16.5. The molecule has 1 aromatic heterocycles. The first-order chi connectivity index (χ1) is 11.7. The van der Waals surface area contributed by atoms with Gasteiger partial charge < -0.3 is 19.5 Å². The van der Waals surface area contributed by atoms with Gasteiger partial charge in [0.1, 0.15) is 11.5 Å². The Morgan fingerprint density at radius 3 is 2.79 bits per heavy atom. The number of nitrogens with zero attached hydrogens (tertiary/aromatic N) is 2. The first-order valence-electron chi connectivity index (χ1n) is 7.86. The lowest BCUT2D eigenvalue weighted by molar-refractivity contribution is 0.0662. The second-order valence-electron chi connectivity index (χ2n) is 5.57. The largest absolute Gasteiger partial charge is 0.497 e. The lowest BCUT2D eigenvalue weighted by atomic mass is 10.1. The highest BCUT2D eigenvalue weighted by Gasteiger charge is 2.18. The summed E-state index contributed by atoms with van der Waals surface area (Å²) in [5, 5.41) is 7.21. The molecular formula is C17H21N3O4. The Bertz CT molecular complexity index is 708. The number of carbonyl (C=O) groups is 1. The molecule has 7 nitrogen and oxygen atoms in total. The fourth-order valence-corrected chi connectivity index (χ4v) is 2.74. The molecular weight excluding hydrogens is 310 g/mol. The van der Waals surface area contributed by atoms with Crippen molar-refractivity contribution in [3.63, 3.8) is 0 Å². The minimum Gasteiger partial charge on any atom is -0.497 e. The SMILES string of the molecule is COc1ccc(C(=O)Nc2cnn(C3CCOCC3)c2)c(OC)c1. The number of amides is 1. The highest BCUT2D eigenvalue weighted by molar-refractivity contribution is 6.06. The molecule has 1 aromatic carbocycles. The number of hydrogen-bond acceptors (Lipinski definition) is 5. The van der Waals surface area contributed by atoms with Gasteiger partial charge in [0.15, 0.2) is 0 Å². The van der Waals surface area contributed by atoms with Crippen LogP contribution in [-0.4, -0.2) is 43.1 Å². The third-order valence-corrected chi connectivity index (χ3v) is 4.08. The molecule has 7 heteroatoms. The minimum absolute atomic E-state index is 0.249. The van der Waals surface area contributed by atoms with E-state index < -0.39 is 0 Å². The molecule has 24 heavy (non-hydrogen) atoms. The van der Waals surface area contributed by atoms with E-state index in [2.05, 4.69) is 10.4 Å². The average molecular weight is 331 g/mol. The van der Waals surface area contributed by atoms with Crippen LogP contribution >= 0.6 is 0 Å². The van der Waals surface area contributed by atoms with Gasteiger partial charge in [0.2, 0.25) is 0 Å². The summed E-state index contributed by atoms with van der Waals surface area (Å²) in [5.41, 5.74) is 1.10. The summed E-state index contributed by atoms with van der Waals surface area (Å²) in [6.45, 7) is 1.49. The van der Waals surface area contributed by atoms with Gasteiger partial charge in [0, 0.05) is 25.5 Å². The number of carbonyl (C=O) groups excluding carboxylic acids is 1. The van der Waals surface area contributed by atoms with Crippen LogP contribution in [0.3, 0.4) is 0 Å². The molecule has 1 aliphatic rings. The Balaban J connectivity index is 1.72. The number of hydrogen-bond donors (Lipinski definition) is 1. The van der Waals surface area contributed by atoms with Crippen molar-refractivity contribution in [3.05, 3.63) is 36.2 Å². The Hall–Kier alpha value is -2.54. The number of aromatic nitrogens is 2. The fraction of sp³-hybridized carbons (Fsp3) is 0.412. The summed E-state index contributed by atoms with van der Waals surface area (Å²) in [6, 6.07) is 5.40. The molecule has 1 aliphatic heterocycles. The summed E-state index contributed by atoms with van der Waals surface area (Å²) < 4.78 is 17.7. The maximum Gasteiger partial charge on any atom is 0.259 e. The van der Waals surface area contributed by atoms with Crippen LogP contribution in [0, 0.1) is 0 Å². The van der Waals surface area contributed by atoms with Crippen molar-refractivity contribution in [1.82, 2.24) is 9.78 Å². The number of methoxy groups -OCH3 is 2. The molecule has 1 amide bonds. The van der Waals surface area contributed by atoms with Crippen LogP contribution in [0.1, 0.15) is 29.2 Å². The van der Waals surface area contributed by atoms with Crippen LogP contribution in [-0.2, 0) is 4.74 Å². The van der Waals surface area contributed by atoms with Crippen molar-refractivity contribution < 1.29 is 19.0 Å². The third kappa shape index (κ3) is 3.51. The van der Waals surface area contributed by atoms with Crippen LogP contribution in [0.2, 0.25) is 0 Å². The standard InChI is InChI=1S/C17H21N3O4/c1-22-14-3-4-15(16(9-14)23-2)17(21)19-12-10-18-20(11-12)13-5-7-24-8-6-13/h3-4,9-11,13H,5-8H2,1-2H3,(H,19,21). The van der Waals surface area contributed by atoms with Crippen molar-refractivity contribution in [3.8, 4) is 11.5 Å². The van der Waals surface area contributed by atoms with E-state index in [1.807, 2.05) is 10.9 Å². The lowest BCUT2D eigenvalue weighted by Crippen LogP contribution is -2.19. The quantitative estimate of drug-likeness (QED) is 0.911. The molecule has 1 saturated heterocycles. The molecule has 3 rings (SSSR count). The van der Waals surface area contributed by atoms with Gasteiger partial charge in [-0.2, -0.15) is 5.10 Å². The van der Waals surface area contributed by atoms with Crippen molar-refractivity contribution >= 4 is 11.6 Å². The Labute approximate surface area is 140 Å². The van der Waals surface area contributed by atoms with Crippen LogP contribution in [0.5, 0.6) is 11.5 Å². The molecule has 0 aliphatic carbocycles. The maximum atomic E-state index is 12.5. The summed E-state index contributed by atoms with van der Waals surface area (Å²) >= 11 is 0. The minimum atomic E-state index is -0.249. The molecule has 0 spiro atoms. The highest BCUT2D eigenvalue weighted by Crippen LogP contribution is 2.26. The Morgan fingerprint density at radius 2 is 2.08 bits per heavy atom. The topological polar surface area (TPSA) is 74.6 Å². The molecule has 0 unspecified atom stereocenters. The lowest BCUT2D eigenvalue weighted by Gasteiger charge is -2.22. The molecule has 0 radical (unpaired) electrons. The average Bonchev–Trinajstić information content (AvgIpc) is 3.10. The zero-order chi connectivity index (χ0) is 16.9. The van der Waals surface area contributed by atoms with E-state index in [0.29, 0.717) is 28.8 Å². The van der Waals surface area contributed by atoms with Gasteiger partial charge in [0.25, 0.3) is 5.91 Å². The molecule has 1 N–H and O–H groups in total. The van der Waals surface area contributed by atoms with Crippen LogP contribution < -0.4 is 14.8 Å². The summed E-state index contributed by atoms with van der Waals surface area (Å²) in [7, 11) is 3.09. The Kier molecular flexibility index (Phi) is 5.00. The molecule has 0 atom stereocenters. The first kappa shape index (κ1) is 16.3. The van der Waals surface area contributed by atoms with E-state index >= 15 is 0 Å². The summed E-state index contributed by atoms with van der Waals surface area (Å²) in [4.78, 5) is 12.5. The molecule has 0 saturated carbocycles. The van der Waals surface area contributed by atoms with Gasteiger partial charge >= 0.3 is 0 Å². The predicted molar refractivity (Wildman–Crippen MR) is 88.8 cm³/mol. The number of nitrogens with one attached hydrogen (secondary N) is 1. The second kappa shape index (κ2) is 7.35. The van der Waals surface area contributed by atoms with Crippen LogP contribution in [0.25, 0.3) is 0 Å². The number of anilines is 1. The van der Waals surface area contributed by atoms with Gasteiger partial charge in [-0.3, -0.25) is 9.48 Å². The maximum absolute atomic E-state index is 12.5. The zero-order valence-corrected chi connectivity index (χ0v) is 13.8. The number of rotatable bonds is 5. The van der Waals surface area contributed by atoms with E-state index in [-0.39, 0.29) is 5.91 Å². The molecule has 2 aromatic rings. The first-order valence-corrected chi connectivity index (χ1v) is 7.86. The molecule has 0 bridgehead atoms. The summed E-state index contributed by atoms with van der Waals surface area (Å²) in [6.07, 6.45) is 5.37. The normalized spacial score (nSPS) is 15.1. The van der Waals surface area contributed by atoms with Gasteiger partial charge in [-0.05, 0) is 25.0 Å². The van der Waals surface area contributed by atoms with Gasteiger partial charge in [-0.15, -0.1) is 0 Å². The smallest absolute Gasteiger partial charge is 0.259 e.